The van der Waals surface area contributed by atoms with E-state index >= 15 is 0 Å². The molecule has 2 aromatic heterocycles. The van der Waals surface area contributed by atoms with Crippen molar-refractivity contribution in [1.82, 2.24) is 14.4 Å². The first-order chi connectivity index (χ1) is 13.7. The molecule has 0 spiro atoms. The van der Waals surface area contributed by atoms with Crippen LogP contribution in [0.25, 0.3) is 16.8 Å². The molecule has 2 aromatic carbocycles. The summed E-state index contributed by atoms with van der Waals surface area (Å²) in [6.45, 7) is 2.06. The van der Waals surface area contributed by atoms with Gasteiger partial charge in [-0.05, 0) is 56.2 Å². The minimum Gasteiger partial charge on any atom is -0.457 e. The highest BCUT2D eigenvalue weighted by atomic mass is 16.5. The van der Waals surface area contributed by atoms with E-state index in [0.717, 1.165) is 34.1 Å². The molecule has 0 radical (unpaired) electrons. The molecule has 1 saturated carbocycles. The Labute approximate surface area is 163 Å². The van der Waals surface area contributed by atoms with Crippen molar-refractivity contribution in [2.75, 3.05) is 5.73 Å². The summed E-state index contributed by atoms with van der Waals surface area (Å²) in [4.78, 5) is 9.25. The highest BCUT2D eigenvalue weighted by Crippen LogP contribution is 2.39. The Bertz CT molecular complexity index is 1130. The summed E-state index contributed by atoms with van der Waals surface area (Å²) in [5.74, 6) is 3.72. The predicted molar refractivity (Wildman–Crippen MR) is 111 cm³/mol. The number of ether oxygens (including phenoxy) is 1. The number of hydrogen-bond acceptors (Lipinski definition) is 4. The molecule has 0 atom stereocenters. The number of imidazole rings is 1. The molecule has 5 heteroatoms. The Kier molecular flexibility index (Phi) is 4.01. The second-order valence-corrected chi connectivity index (χ2v) is 7.42. The van der Waals surface area contributed by atoms with Crippen LogP contribution in [0.2, 0.25) is 0 Å². The Balaban J connectivity index is 1.50. The second kappa shape index (κ2) is 6.68. The van der Waals surface area contributed by atoms with Crippen LogP contribution in [0.4, 0.5) is 5.82 Å². The van der Waals surface area contributed by atoms with Crippen molar-refractivity contribution >= 4 is 11.3 Å². The monoisotopic (exact) mass is 370 g/mol. The largest absolute Gasteiger partial charge is 0.457 e. The quantitative estimate of drug-likeness (QED) is 0.526. The van der Waals surface area contributed by atoms with Gasteiger partial charge in [-0.3, -0.25) is 4.40 Å². The summed E-state index contributed by atoms with van der Waals surface area (Å²) < 4.78 is 8.05. The third-order valence-electron chi connectivity index (χ3n) is 5.47. The van der Waals surface area contributed by atoms with Gasteiger partial charge in [-0.25, -0.2) is 9.97 Å². The Morgan fingerprint density at radius 1 is 1.00 bits per heavy atom. The number of benzene rings is 2. The zero-order valence-corrected chi connectivity index (χ0v) is 15.8. The molecule has 1 aliphatic carbocycles. The molecule has 1 fully saturated rings. The lowest BCUT2D eigenvalue weighted by Gasteiger charge is -2.23. The van der Waals surface area contributed by atoms with E-state index in [1.165, 1.54) is 24.8 Å². The van der Waals surface area contributed by atoms with Crippen molar-refractivity contribution in [3.8, 4) is 22.8 Å². The van der Waals surface area contributed by atoms with Crippen LogP contribution >= 0.6 is 0 Å². The minimum atomic E-state index is 0.507. The number of aromatic nitrogens is 3. The van der Waals surface area contributed by atoms with Gasteiger partial charge in [-0.2, -0.15) is 0 Å². The van der Waals surface area contributed by atoms with Crippen LogP contribution in [0.5, 0.6) is 11.5 Å². The average Bonchev–Trinajstić information content (AvgIpc) is 3.04. The van der Waals surface area contributed by atoms with E-state index in [2.05, 4.69) is 16.3 Å². The summed E-state index contributed by atoms with van der Waals surface area (Å²) in [5.41, 5.74) is 10.2. The van der Waals surface area contributed by atoms with Crippen LogP contribution in [0.15, 0.2) is 60.9 Å². The fourth-order valence-electron chi connectivity index (χ4n) is 3.67. The van der Waals surface area contributed by atoms with Crippen LogP contribution in [-0.4, -0.2) is 14.4 Å². The Morgan fingerprint density at radius 2 is 1.68 bits per heavy atom. The zero-order chi connectivity index (χ0) is 19.1. The van der Waals surface area contributed by atoms with Crippen LogP contribution in [-0.2, 0) is 0 Å². The molecule has 2 N–H and O–H groups in total. The number of nitrogens with zero attached hydrogens (tertiary/aromatic N) is 3. The van der Waals surface area contributed by atoms with Crippen LogP contribution in [0, 0.1) is 6.92 Å². The van der Waals surface area contributed by atoms with E-state index in [-0.39, 0.29) is 0 Å². The van der Waals surface area contributed by atoms with Crippen molar-refractivity contribution in [3.05, 3.63) is 72.3 Å². The second-order valence-electron chi connectivity index (χ2n) is 7.42. The number of nitrogen functional groups attached to an aromatic ring is 1. The lowest BCUT2D eigenvalue weighted by Crippen LogP contribution is -2.12. The van der Waals surface area contributed by atoms with Crippen molar-refractivity contribution in [2.45, 2.75) is 32.1 Å². The van der Waals surface area contributed by atoms with E-state index in [1.807, 2.05) is 54.7 Å². The van der Waals surface area contributed by atoms with Crippen molar-refractivity contribution < 1.29 is 4.74 Å². The first-order valence-electron chi connectivity index (χ1n) is 9.66. The molecule has 5 nitrogen and oxygen atoms in total. The fourth-order valence-corrected chi connectivity index (χ4v) is 3.67. The summed E-state index contributed by atoms with van der Waals surface area (Å²) in [5, 5.41) is 0. The zero-order valence-electron chi connectivity index (χ0n) is 15.8. The van der Waals surface area contributed by atoms with Gasteiger partial charge >= 0.3 is 0 Å². The molecule has 5 rings (SSSR count). The third kappa shape index (κ3) is 2.89. The number of nitrogens with two attached hydrogens (primary N) is 1. The number of fused-ring (bicyclic) bond motifs is 1. The van der Waals surface area contributed by atoms with Crippen molar-refractivity contribution in [1.29, 1.82) is 0 Å². The van der Waals surface area contributed by atoms with Gasteiger partial charge in [-0.15, -0.1) is 0 Å². The SMILES string of the molecule is Cc1ccc(Oc2ccc(-c3nc(C4CCC4)n4ccnc(N)c34)cc2)cc1. The molecule has 0 unspecified atom stereocenters. The van der Waals surface area contributed by atoms with E-state index in [9.17, 15) is 0 Å². The number of aryl methyl sites for hydroxylation is 1. The summed E-state index contributed by atoms with van der Waals surface area (Å²) >= 11 is 0. The molecular formula is C23H22N4O. The summed E-state index contributed by atoms with van der Waals surface area (Å²) in [7, 11) is 0. The molecular weight excluding hydrogens is 348 g/mol. The lowest BCUT2D eigenvalue weighted by atomic mass is 9.85. The highest BCUT2D eigenvalue weighted by molar-refractivity contribution is 5.85. The van der Waals surface area contributed by atoms with Gasteiger partial charge in [0.2, 0.25) is 0 Å². The topological polar surface area (TPSA) is 65.4 Å². The molecule has 0 saturated heterocycles. The molecule has 2 heterocycles. The predicted octanol–water partition coefficient (Wildman–Crippen LogP) is 5.35. The first-order valence-corrected chi connectivity index (χ1v) is 9.66. The van der Waals surface area contributed by atoms with Gasteiger partial charge in [0, 0.05) is 23.9 Å². The standard InChI is InChI=1S/C23H22N4O/c1-15-5-9-18(10-6-15)28-19-11-7-16(8-12-19)20-21-22(24)25-13-14-27(21)23(26-20)17-3-2-4-17/h5-14,17H,2-4H2,1H3,(H2,24,25). The maximum atomic E-state index is 6.21. The third-order valence-corrected chi connectivity index (χ3v) is 5.47. The minimum absolute atomic E-state index is 0.507. The fraction of sp³-hybridized carbons (Fsp3) is 0.217. The van der Waals surface area contributed by atoms with Gasteiger partial charge in [-0.1, -0.05) is 24.1 Å². The Morgan fingerprint density at radius 3 is 2.32 bits per heavy atom. The van der Waals surface area contributed by atoms with Crippen LogP contribution in [0.1, 0.15) is 36.6 Å². The molecule has 1 aliphatic rings. The van der Waals surface area contributed by atoms with Gasteiger partial charge in [0.15, 0.2) is 0 Å². The highest BCUT2D eigenvalue weighted by Gasteiger charge is 2.26. The number of hydrogen-bond donors (Lipinski definition) is 1. The van der Waals surface area contributed by atoms with E-state index < -0.39 is 0 Å². The van der Waals surface area contributed by atoms with Gasteiger partial charge < -0.3 is 10.5 Å². The maximum Gasteiger partial charge on any atom is 0.150 e. The van der Waals surface area contributed by atoms with E-state index in [0.29, 0.717) is 11.7 Å². The van der Waals surface area contributed by atoms with Gasteiger partial charge in [0.25, 0.3) is 0 Å². The van der Waals surface area contributed by atoms with Gasteiger partial charge in [0.05, 0.1) is 0 Å². The van der Waals surface area contributed by atoms with E-state index in [4.69, 9.17) is 15.5 Å². The lowest BCUT2D eigenvalue weighted by molar-refractivity contribution is 0.400. The van der Waals surface area contributed by atoms with Crippen LogP contribution < -0.4 is 10.5 Å². The summed E-state index contributed by atoms with van der Waals surface area (Å²) in [6, 6.07) is 16.0. The van der Waals surface area contributed by atoms with Crippen molar-refractivity contribution in [2.24, 2.45) is 0 Å². The molecule has 140 valence electrons. The summed E-state index contributed by atoms with van der Waals surface area (Å²) in [6.07, 6.45) is 7.34. The molecule has 0 amide bonds. The Hall–Kier alpha value is -3.34. The number of rotatable bonds is 4. The average molecular weight is 370 g/mol. The maximum absolute atomic E-state index is 6.21. The molecule has 0 aliphatic heterocycles. The normalized spacial score (nSPS) is 14.2. The molecule has 0 bridgehead atoms. The molecule has 4 aromatic rings. The van der Waals surface area contributed by atoms with E-state index in [1.54, 1.807) is 6.20 Å². The molecule has 28 heavy (non-hydrogen) atoms. The smallest absolute Gasteiger partial charge is 0.150 e. The van der Waals surface area contributed by atoms with Crippen LogP contribution in [0.3, 0.4) is 0 Å². The van der Waals surface area contributed by atoms with Crippen molar-refractivity contribution in [3.63, 3.8) is 0 Å². The first kappa shape index (κ1) is 16.8. The number of anilines is 1. The van der Waals surface area contributed by atoms with Gasteiger partial charge in [0.1, 0.15) is 34.4 Å².